The predicted molar refractivity (Wildman–Crippen MR) is 115 cm³/mol. The molecule has 0 radical (unpaired) electrons. The molecule has 0 aliphatic heterocycles. The molecule has 2 aromatic carbocycles. The Morgan fingerprint density at radius 2 is 1.25 bits per heavy atom. The zero-order valence-electron chi connectivity index (χ0n) is 17.5. The number of aliphatic hydroxyl groups excluding tert-OH is 3. The molecule has 3 N–H and O–H groups in total. The lowest BCUT2D eigenvalue weighted by atomic mass is 9.90. The monoisotopic (exact) mass is 384 g/mol. The van der Waals surface area contributed by atoms with E-state index in [9.17, 15) is 15.3 Å². The van der Waals surface area contributed by atoms with Crippen molar-refractivity contribution in [3.8, 4) is 5.75 Å². The molecule has 0 bridgehead atoms. The van der Waals surface area contributed by atoms with Crippen LogP contribution in [0.1, 0.15) is 51.8 Å². The summed E-state index contributed by atoms with van der Waals surface area (Å²) in [7, 11) is 0. The van der Waals surface area contributed by atoms with Crippen molar-refractivity contribution < 1.29 is 20.1 Å². The molecule has 0 amide bonds. The van der Waals surface area contributed by atoms with Crippen LogP contribution < -0.4 is 4.74 Å². The molecule has 152 valence electrons. The van der Waals surface area contributed by atoms with Crippen molar-refractivity contribution in [1.82, 2.24) is 0 Å². The molecular formula is C24H32O4. The Morgan fingerprint density at radius 1 is 0.821 bits per heavy atom. The van der Waals surface area contributed by atoms with Crippen LogP contribution in [-0.4, -0.2) is 41.2 Å². The highest BCUT2D eigenvalue weighted by Gasteiger charge is 2.15. The van der Waals surface area contributed by atoms with Crippen molar-refractivity contribution >= 4 is 12.2 Å². The second kappa shape index (κ2) is 9.87. The van der Waals surface area contributed by atoms with E-state index in [2.05, 4.69) is 36.4 Å². The van der Waals surface area contributed by atoms with Gasteiger partial charge < -0.3 is 20.1 Å². The summed E-state index contributed by atoms with van der Waals surface area (Å²) in [5, 5.41) is 28.4. The summed E-state index contributed by atoms with van der Waals surface area (Å²) < 4.78 is 5.72. The maximum Gasteiger partial charge on any atom is 0.125 e. The van der Waals surface area contributed by atoms with Gasteiger partial charge in [-0.2, -0.15) is 0 Å². The molecule has 2 aromatic rings. The van der Waals surface area contributed by atoms with E-state index in [0.29, 0.717) is 0 Å². The van der Waals surface area contributed by atoms with Gasteiger partial charge in [-0.05, 0) is 85.7 Å². The zero-order valence-corrected chi connectivity index (χ0v) is 17.5. The fourth-order valence-electron chi connectivity index (χ4n) is 3.69. The Morgan fingerprint density at radius 3 is 1.64 bits per heavy atom. The number of hydrogen-bond acceptors (Lipinski definition) is 4. The first kappa shape index (κ1) is 22.2. The molecule has 0 saturated heterocycles. The summed E-state index contributed by atoms with van der Waals surface area (Å²) in [6.07, 6.45) is 3.65. The van der Waals surface area contributed by atoms with Gasteiger partial charge >= 0.3 is 0 Å². The van der Waals surface area contributed by atoms with Crippen molar-refractivity contribution in [2.24, 2.45) is 0 Å². The smallest absolute Gasteiger partial charge is 0.125 e. The van der Waals surface area contributed by atoms with Gasteiger partial charge in [-0.25, -0.2) is 0 Å². The SMILES string of the molecule is Cc1cc(C=Cc2cc(C)c(C(CO)CO)c(C)c2)cc(C)c1OCC(C)O. The largest absolute Gasteiger partial charge is 0.490 e. The van der Waals surface area contributed by atoms with Gasteiger partial charge in [0, 0.05) is 5.92 Å². The van der Waals surface area contributed by atoms with E-state index >= 15 is 0 Å². The first-order valence-electron chi connectivity index (χ1n) is 9.69. The first-order chi connectivity index (χ1) is 13.3. The third-order valence-electron chi connectivity index (χ3n) is 4.88. The molecule has 0 spiro atoms. The molecule has 2 rings (SSSR count). The summed E-state index contributed by atoms with van der Waals surface area (Å²) in [5.74, 6) is 0.589. The van der Waals surface area contributed by atoms with Crippen LogP contribution in [0.3, 0.4) is 0 Å². The molecule has 4 heteroatoms. The van der Waals surface area contributed by atoms with Crippen LogP contribution >= 0.6 is 0 Å². The first-order valence-corrected chi connectivity index (χ1v) is 9.69. The summed E-state index contributed by atoms with van der Waals surface area (Å²) in [4.78, 5) is 0. The Hall–Kier alpha value is -2.14. The molecule has 1 atom stereocenters. The van der Waals surface area contributed by atoms with Gasteiger partial charge in [0.2, 0.25) is 0 Å². The van der Waals surface area contributed by atoms with Crippen LogP contribution in [0, 0.1) is 27.7 Å². The van der Waals surface area contributed by atoms with Crippen molar-refractivity contribution in [3.63, 3.8) is 0 Å². The molecule has 1 unspecified atom stereocenters. The molecule has 0 aromatic heterocycles. The van der Waals surface area contributed by atoms with E-state index in [0.717, 1.165) is 44.7 Å². The third kappa shape index (κ3) is 5.44. The average molecular weight is 385 g/mol. The number of ether oxygens (including phenoxy) is 1. The second-order valence-electron chi connectivity index (χ2n) is 7.61. The standard InChI is InChI=1S/C24H32O4/c1-15-8-20(9-16(2)23(15)22(12-25)13-26)6-7-21-10-17(3)24(18(4)11-21)28-14-19(5)27/h6-11,19,22,25-27H,12-14H2,1-5H3. The summed E-state index contributed by atoms with van der Waals surface area (Å²) in [5.41, 5.74) is 7.41. The predicted octanol–water partition coefficient (Wildman–Crippen LogP) is 3.92. The molecule has 0 fully saturated rings. The van der Waals surface area contributed by atoms with Crippen LogP contribution in [0.5, 0.6) is 5.75 Å². The topological polar surface area (TPSA) is 69.9 Å². The highest BCUT2D eigenvalue weighted by Crippen LogP contribution is 2.28. The van der Waals surface area contributed by atoms with E-state index in [-0.39, 0.29) is 25.7 Å². The van der Waals surface area contributed by atoms with Gasteiger partial charge in [0.25, 0.3) is 0 Å². The van der Waals surface area contributed by atoms with Gasteiger partial charge in [-0.3, -0.25) is 0 Å². The lowest BCUT2D eigenvalue weighted by Crippen LogP contribution is -2.13. The van der Waals surface area contributed by atoms with Crippen LogP contribution in [0.25, 0.3) is 12.2 Å². The molecule has 0 heterocycles. The lowest BCUT2D eigenvalue weighted by Gasteiger charge is -2.18. The fourth-order valence-corrected chi connectivity index (χ4v) is 3.69. The van der Waals surface area contributed by atoms with Crippen LogP contribution in [-0.2, 0) is 0 Å². The van der Waals surface area contributed by atoms with Crippen molar-refractivity contribution in [2.45, 2.75) is 46.6 Å². The van der Waals surface area contributed by atoms with Gasteiger partial charge in [0.15, 0.2) is 0 Å². The molecule has 28 heavy (non-hydrogen) atoms. The van der Waals surface area contributed by atoms with Crippen molar-refractivity contribution in [3.05, 3.63) is 63.2 Å². The van der Waals surface area contributed by atoms with Crippen molar-refractivity contribution in [1.29, 1.82) is 0 Å². The Labute approximate surface area is 168 Å². The Balaban J connectivity index is 2.26. The minimum atomic E-state index is -0.496. The van der Waals surface area contributed by atoms with Crippen LogP contribution in [0.2, 0.25) is 0 Å². The van der Waals surface area contributed by atoms with E-state index in [1.54, 1.807) is 6.92 Å². The van der Waals surface area contributed by atoms with E-state index in [4.69, 9.17) is 4.74 Å². The zero-order chi connectivity index (χ0) is 20.8. The van der Waals surface area contributed by atoms with Gasteiger partial charge in [-0.1, -0.05) is 24.3 Å². The maximum absolute atomic E-state index is 9.49. The molecule has 0 saturated carbocycles. The van der Waals surface area contributed by atoms with Gasteiger partial charge in [0.05, 0.1) is 19.3 Å². The quantitative estimate of drug-likeness (QED) is 0.604. The number of aryl methyl sites for hydroxylation is 4. The number of hydrogen-bond donors (Lipinski definition) is 3. The molecule has 0 aliphatic carbocycles. The average Bonchev–Trinajstić information content (AvgIpc) is 2.62. The van der Waals surface area contributed by atoms with Gasteiger partial charge in [-0.15, -0.1) is 0 Å². The second-order valence-corrected chi connectivity index (χ2v) is 7.61. The molecular weight excluding hydrogens is 352 g/mol. The highest BCUT2D eigenvalue weighted by atomic mass is 16.5. The fraction of sp³-hybridized carbons (Fsp3) is 0.417. The number of rotatable bonds is 8. The van der Waals surface area contributed by atoms with Crippen molar-refractivity contribution in [2.75, 3.05) is 19.8 Å². The van der Waals surface area contributed by atoms with E-state index < -0.39 is 6.10 Å². The number of aliphatic hydroxyl groups is 3. The number of benzene rings is 2. The minimum Gasteiger partial charge on any atom is -0.490 e. The molecule has 4 nitrogen and oxygen atoms in total. The minimum absolute atomic E-state index is 0.0601. The van der Waals surface area contributed by atoms with E-state index in [1.807, 2.05) is 27.7 Å². The summed E-state index contributed by atoms with van der Waals surface area (Å²) in [6.45, 7) is 9.92. The summed E-state index contributed by atoms with van der Waals surface area (Å²) >= 11 is 0. The lowest BCUT2D eigenvalue weighted by molar-refractivity contribution is 0.122. The van der Waals surface area contributed by atoms with E-state index in [1.165, 1.54) is 0 Å². The maximum atomic E-state index is 9.49. The highest BCUT2D eigenvalue weighted by molar-refractivity contribution is 5.72. The Kier molecular flexibility index (Phi) is 7.81. The molecule has 0 aliphatic rings. The Bertz CT molecular complexity index is 786. The third-order valence-corrected chi connectivity index (χ3v) is 4.88. The van der Waals surface area contributed by atoms with Gasteiger partial charge in [0.1, 0.15) is 12.4 Å². The normalized spacial score (nSPS) is 12.8. The summed E-state index contributed by atoms with van der Waals surface area (Å²) in [6, 6.07) is 8.30. The van der Waals surface area contributed by atoms with Crippen LogP contribution in [0.4, 0.5) is 0 Å². The van der Waals surface area contributed by atoms with Crippen LogP contribution in [0.15, 0.2) is 24.3 Å².